The van der Waals surface area contributed by atoms with Crippen molar-refractivity contribution in [3.8, 4) is 0 Å². The molecule has 0 spiro atoms. The number of amides is 1. The highest BCUT2D eigenvalue weighted by atomic mass is 16.6. The van der Waals surface area contributed by atoms with E-state index < -0.39 is 5.60 Å². The van der Waals surface area contributed by atoms with Gasteiger partial charge in [-0.1, -0.05) is 6.92 Å². The summed E-state index contributed by atoms with van der Waals surface area (Å²) in [6.07, 6.45) is 6.28. The van der Waals surface area contributed by atoms with Crippen LogP contribution in [0.25, 0.3) is 0 Å². The van der Waals surface area contributed by atoms with Crippen molar-refractivity contribution in [2.75, 3.05) is 6.54 Å². The molecule has 1 amide bonds. The monoisotopic (exact) mass is 239 g/mol. The maximum atomic E-state index is 11.4. The minimum absolute atomic E-state index is 0.290. The molecule has 3 aliphatic rings. The normalized spacial score (nSPS) is 34.6. The first kappa shape index (κ1) is 12.7. The van der Waals surface area contributed by atoms with Gasteiger partial charge in [-0.15, -0.1) is 0 Å². The number of alkyl carbamates (subject to hydrolysis) is 1. The summed E-state index contributed by atoms with van der Waals surface area (Å²) in [4.78, 5) is 11.4. The minimum Gasteiger partial charge on any atom is -0.444 e. The quantitative estimate of drug-likeness (QED) is 0.763. The zero-order valence-corrected chi connectivity index (χ0v) is 11.6. The Morgan fingerprint density at radius 1 is 1.29 bits per heavy atom. The van der Waals surface area contributed by atoms with E-state index in [9.17, 15) is 4.79 Å². The third-order valence-corrected chi connectivity index (χ3v) is 3.96. The van der Waals surface area contributed by atoms with Gasteiger partial charge in [0.15, 0.2) is 0 Å². The molecule has 3 saturated carbocycles. The van der Waals surface area contributed by atoms with Crippen LogP contribution in [0, 0.1) is 10.8 Å². The highest BCUT2D eigenvalue weighted by Crippen LogP contribution is 2.74. The van der Waals surface area contributed by atoms with Gasteiger partial charge in [0.05, 0.1) is 0 Å². The van der Waals surface area contributed by atoms with Gasteiger partial charge in [0, 0.05) is 6.54 Å². The van der Waals surface area contributed by atoms with Crippen molar-refractivity contribution >= 4 is 6.09 Å². The van der Waals surface area contributed by atoms with Crippen molar-refractivity contribution in [2.24, 2.45) is 10.8 Å². The highest BCUT2D eigenvalue weighted by molar-refractivity contribution is 5.67. The summed E-state index contributed by atoms with van der Waals surface area (Å²) in [6.45, 7) is 8.78. The third kappa shape index (κ3) is 2.93. The van der Waals surface area contributed by atoms with E-state index in [1.54, 1.807) is 0 Å². The van der Waals surface area contributed by atoms with Crippen LogP contribution in [-0.2, 0) is 4.74 Å². The molecule has 0 saturated heterocycles. The van der Waals surface area contributed by atoms with Crippen molar-refractivity contribution < 1.29 is 9.53 Å². The molecule has 2 bridgehead atoms. The van der Waals surface area contributed by atoms with Gasteiger partial charge < -0.3 is 10.1 Å². The lowest BCUT2D eigenvalue weighted by molar-refractivity contribution is -0.195. The molecule has 0 aromatic heterocycles. The second-order valence-corrected chi connectivity index (χ2v) is 7.37. The summed E-state index contributed by atoms with van der Waals surface area (Å²) in [6, 6.07) is 0. The zero-order valence-electron chi connectivity index (χ0n) is 11.6. The van der Waals surface area contributed by atoms with Gasteiger partial charge in [-0.05, 0) is 63.7 Å². The van der Waals surface area contributed by atoms with Crippen LogP contribution in [0.5, 0.6) is 0 Å². The molecule has 0 aromatic carbocycles. The van der Waals surface area contributed by atoms with E-state index in [0.29, 0.717) is 10.8 Å². The van der Waals surface area contributed by atoms with Gasteiger partial charge in [-0.3, -0.25) is 0 Å². The first-order valence-corrected chi connectivity index (χ1v) is 6.69. The Hall–Kier alpha value is -0.730. The van der Waals surface area contributed by atoms with Gasteiger partial charge in [0.2, 0.25) is 0 Å². The second kappa shape index (κ2) is 3.89. The summed E-state index contributed by atoms with van der Waals surface area (Å²) in [5.74, 6) is 0. The Bertz CT molecular complexity index is 297. The molecule has 3 heteroatoms. The topological polar surface area (TPSA) is 38.3 Å². The Labute approximate surface area is 104 Å². The van der Waals surface area contributed by atoms with Crippen LogP contribution in [0.4, 0.5) is 4.79 Å². The molecule has 0 radical (unpaired) electrons. The highest BCUT2D eigenvalue weighted by Gasteiger charge is 2.63. The lowest BCUT2D eigenvalue weighted by atomic mass is 9.35. The smallest absolute Gasteiger partial charge is 0.407 e. The van der Waals surface area contributed by atoms with Crippen LogP contribution in [0.15, 0.2) is 0 Å². The number of rotatable bonds is 4. The van der Waals surface area contributed by atoms with Crippen molar-refractivity contribution in [1.29, 1.82) is 0 Å². The van der Waals surface area contributed by atoms with Crippen LogP contribution < -0.4 is 5.32 Å². The Morgan fingerprint density at radius 3 is 2.35 bits per heavy atom. The molecule has 98 valence electrons. The molecule has 1 N–H and O–H groups in total. The number of ether oxygens (including phenoxy) is 1. The molecular weight excluding hydrogens is 214 g/mol. The lowest BCUT2D eigenvalue weighted by Crippen LogP contribution is -2.59. The lowest BCUT2D eigenvalue weighted by Gasteiger charge is -2.70. The van der Waals surface area contributed by atoms with Gasteiger partial charge in [0.25, 0.3) is 0 Å². The largest absolute Gasteiger partial charge is 0.444 e. The second-order valence-electron chi connectivity index (χ2n) is 7.37. The molecule has 3 nitrogen and oxygen atoms in total. The van der Waals surface area contributed by atoms with E-state index in [4.69, 9.17) is 4.74 Å². The van der Waals surface area contributed by atoms with Crippen molar-refractivity contribution in [2.45, 2.75) is 65.4 Å². The van der Waals surface area contributed by atoms with E-state index >= 15 is 0 Å². The van der Waals surface area contributed by atoms with E-state index in [0.717, 1.165) is 13.0 Å². The van der Waals surface area contributed by atoms with Crippen molar-refractivity contribution in [3.05, 3.63) is 0 Å². The summed E-state index contributed by atoms with van der Waals surface area (Å²) in [5, 5.41) is 2.83. The SMILES string of the molecule is CC12CC(CCCNC(=O)OC(C)(C)C)(C1)C2. The molecular formula is C14H25NO2. The fourth-order valence-electron chi connectivity index (χ4n) is 3.79. The average molecular weight is 239 g/mol. The molecule has 0 aliphatic heterocycles. The number of carbonyl (C=O) groups is 1. The molecule has 0 unspecified atom stereocenters. The van der Waals surface area contributed by atoms with E-state index in [1.807, 2.05) is 20.8 Å². The van der Waals surface area contributed by atoms with Crippen molar-refractivity contribution in [1.82, 2.24) is 5.32 Å². The predicted octanol–water partition coefficient (Wildman–Crippen LogP) is 3.48. The number of hydrogen-bond donors (Lipinski definition) is 1. The van der Waals surface area contributed by atoms with Crippen LogP contribution in [0.1, 0.15) is 59.8 Å². The van der Waals surface area contributed by atoms with Gasteiger partial charge in [-0.25, -0.2) is 4.79 Å². The maximum absolute atomic E-state index is 11.4. The van der Waals surface area contributed by atoms with Gasteiger partial charge in [0.1, 0.15) is 5.60 Å². The Morgan fingerprint density at radius 2 is 1.88 bits per heavy atom. The summed E-state index contributed by atoms with van der Waals surface area (Å²) < 4.78 is 5.19. The van der Waals surface area contributed by atoms with Crippen LogP contribution in [0.3, 0.4) is 0 Å². The fraction of sp³-hybridized carbons (Fsp3) is 0.929. The number of carbonyl (C=O) groups excluding carboxylic acids is 1. The van der Waals surface area contributed by atoms with Crippen molar-refractivity contribution in [3.63, 3.8) is 0 Å². The molecule has 0 aromatic rings. The summed E-state index contributed by atoms with van der Waals surface area (Å²) >= 11 is 0. The Kier molecular flexibility index (Phi) is 2.91. The molecule has 3 rings (SSSR count). The third-order valence-electron chi connectivity index (χ3n) is 3.96. The Balaban J connectivity index is 1.54. The number of hydrogen-bond acceptors (Lipinski definition) is 2. The maximum Gasteiger partial charge on any atom is 0.407 e. The molecule has 0 atom stereocenters. The van der Waals surface area contributed by atoms with Gasteiger partial charge >= 0.3 is 6.09 Å². The molecule has 3 fully saturated rings. The average Bonchev–Trinajstić information content (AvgIpc) is 2.04. The summed E-state index contributed by atoms with van der Waals surface area (Å²) in [7, 11) is 0. The molecule has 17 heavy (non-hydrogen) atoms. The first-order chi connectivity index (χ1) is 7.72. The van der Waals surface area contributed by atoms with Crippen LogP contribution in [-0.4, -0.2) is 18.2 Å². The fourth-order valence-corrected chi connectivity index (χ4v) is 3.79. The predicted molar refractivity (Wildman–Crippen MR) is 67.9 cm³/mol. The van der Waals surface area contributed by atoms with Gasteiger partial charge in [-0.2, -0.15) is 0 Å². The minimum atomic E-state index is -0.396. The van der Waals surface area contributed by atoms with Crippen LogP contribution in [0.2, 0.25) is 0 Å². The molecule has 3 aliphatic carbocycles. The van der Waals surface area contributed by atoms with E-state index in [-0.39, 0.29) is 6.09 Å². The standard InChI is InChI=1S/C14H25NO2/c1-12(2,3)17-11(16)15-7-5-6-14-8-13(4,9-14)10-14/h5-10H2,1-4H3,(H,15,16). The van der Waals surface area contributed by atoms with E-state index in [1.165, 1.54) is 25.7 Å². The zero-order chi connectivity index (χ0) is 12.7. The molecule has 0 heterocycles. The summed E-state index contributed by atoms with van der Waals surface area (Å²) in [5.41, 5.74) is 0.954. The first-order valence-electron chi connectivity index (χ1n) is 6.69. The van der Waals surface area contributed by atoms with Crippen LogP contribution >= 0.6 is 0 Å². The van der Waals surface area contributed by atoms with E-state index in [2.05, 4.69) is 12.2 Å². The number of nitrogens with one attached hydrogen (secondary N) is 1.